The summed E-state index contributed by atoms with van der Waals surface area (Å²) < 4.78 is 5.63. The third-order valence-electron chi connectivity index (χ3n) is 3.12. The summed E-state index contributed by atoms with van der Waals surface area (Å²) in [4.78, 5) is 14.0. The molecular weight excluding hydrogens is 228 g/mol. The molecular formula is C14H20N2O2. The lowest BCUT2D eigenvalue weighted by molar-refractivity contribution is -0.144. The number of piperazine rings is 1. The summed E-state index contributed by atoms with van der Waals surface area (Å²) in [5.41, 5.74) is 1.09. The van der Waals surface area contributed by atoms with Crippen LogP contribution in [-0.2, 0) is 16.1 Å². The fourth-order valence-electron chi connectivity index (χ4n) is 2.01. The summed E-state index contributed by atoms with van der Waals surface area (Å²) in [5.74, 6) is 0.0902. The van der Waals surface area contributed by atoms with E-state index >= 15 is 0 Å². The third-order valence-corrected chi connectivity index (χ3v) is 3.12. The van der Waals surface area contributed by atoms with E-state index in [2.05, 4.69) is 5.32 Å². The highest BCUT2D eigenvalue weighted by molar-refractivity contribution is 5.80. The van der Waals surface area contributed by atoms with Crippen LogP contribution in [0.2, 0.25) is 0 Å². The zero-order valence-corrected chi connectivity index (χ0v) is 10.8. The number of carbonyl (C=O) groups is 1. The first-order valence-electron chi connectivity index (χ1n) is 6.42. The summed E-state index contributed by atoms with van der Waals surface area (Å²) in [6.07, 6.45) is -0.372. The van der Waals surface area contributed by atoms with Gasteiger partial charge in [-0.1, -0.05) is 30.3 Å². The van der Waals surface area contributed by atoms with Crippen molar-refractivity contribution in [3.63, 3.8) is 0 Å². The predicted octanol–water partition coefficient (Wildman–Crippen LogP) is 1.02. The van der Waals surface area contributed by atoms with Crippen LogP contribution in [0.15, 0.2) is 30.3 Å². The van der Waals surface area contributed by atoms with Crippen molar-refractivity contribution >= 4 is 5.91 Å². The van der Waals surface area contributed by atoms with Crippen molar-refractivity contribution in [3.8, 4) is 0 Å². The zero-order valence-electron chi connectivity index (χ0n) is 10.8. The Morgan fingerprint density at radius 1 is 1.33 bits per heavy atom. The predicted molar refractivity (Wildman–Crippen MR) is 70.1 cm³/mol. The molecule has 0 saturated carbocycles. The molecule has 1 aliphatic heterocycles. The van der Waals surface area contributed by atoms with Crippen molar-refractivity contribution in [2.24, 2.45) is 0 Å². The van der Waals surface area contributed by atoms with Gasteiger partial charge in [0, 0.05) is 26.2 Å². The van der Waals surface area contributed by atoms with Gasteiger partial charge in [-0.05, 0) is 12.5 Å². The van der Waals surface area contributed by atoms with E-state index in [1.807, 2.05) is 42.2 Å². The molecule has 1 atom stereocenters. The van der Waals surface area contributed by atoms with E-state index in [4.69, 9.17) is 4.74 Å². The molecule has 4 heteroatoms. The average Bonchev–Trinajstić information content (AvgIpc) is 2.46. The number of amides is 1. The monoisotopic (exact) mass is 248 g/mol. The fraction of sp³-hybridized carbons (Fsp3) is 0.500. The molecule has 1 aliphatic rings. The second-order valence-electron chi connectivity index (χ2n) is 4.51. The summed E-state index contributed by atoms with van der Waals surface area (Å²) in [6, 6.07) is 9.92. The zero-order chi connectivity index (χ0) is 12.8. The van der Waals surface area contributed by atoms with Crippen molar-refractivity contribution < 1.29 is 9.53 Å². The van der Waals surface area contributed by atoms with Gasteiger partial charge in [0.05, 0.1) is 6.61 Å². The van der Waals surface area contributed by atoms with Gasteiger partial charge in [0.15, 0.2) is 0 Å². The van der Waals surface area contributed by atoms with Crippen LogP contribution in [-0.4, -0.2) is 43.1 Å². The normalized spacial score (nSPS) is 17.5. The van der Waals surface area contributed by atoms with E-state index in [1.165, 1.54) is 0 Å². The summed E-state index contributed by atoms with van der Waals surface area (Å²) in [5, 5.41) is 3.23. The molecule has 4 nitrogen and oxygen atoms in total. The lowest BCUT2D eigenvalue weighted by atomic mass is 10.2. The molecule has 0 aliphatic carbocycles. The van der Waals surface area contributed by atoms with Crippen LogP contribution in [0, 0.1) is 0 Å². The van der Waals surface area contributed by atoms with E-state index in [0.29, 0.717) is 6.61 Å². The Bertz CT molecular complexity index is 375. The van der Waals surface area contributed by atoms with Crippen molar-refractivity contribution in [1.29, 1.82) is 0 Å². The van der Waals surface area contributed by atoms with E-state index in [1.54, 1.807) is 0 Å². The molecule has 1 unspecified atom stereocenters. The Labute approximate surface area is 108 Å². The highest BCUT2D eigenvalue weighted by Crippen LogP contribution is 2.06. The molecule has 1 N–H and O–H groups in total. The maximum absolute atomic E-state index is 12.1. The SMILES string of the molecule is CC(OCc1ccccc1)C(=O)N1CCNCC1. The van der Waals surface area contributed by atoms with Gasteiger partial charge in [0.2, 0.25) is 0 Å². The molecule has 2 rings (SSSR count). The Morgan fingerprint density at radius 2 is 2.00 bits per heavy atom. The average molecular weight is 248 g/mol. The Kier molecular flexibility index (Phi) is 4.73. The molecule has 1 aromatic rings. The van der Waals surface area contributed by atoms with E-state index in [9.17, 15) is 4.79 Å². The van der Waals surface area contributed by atoms with Gasteiger partial charge < -0.3 is 15.0 Å². The summed E-state index contributed by atoms with van der Waals surface area (Å²) >= 11 is 0. The number of nitrogens with one attached hydrogen (secondary N) is 1. The number of carbonyl (C=O) groups excluding carboxylic acids is 1. The number of hydrogen-bond acceptors (Lipinski definition) is 3. The van der Waals surface area contributed by atoms with Gasteiger partial charge in [0.25, 0.3) is 5.91 Å². The van der Waals surface area contributed by atoms with Crippen LogP contribution in [0.25, 0.3) is 0 Å². The molecule has 1 amide bonds. The molecule has 0 radical (unpaired) electrons. The largest absolute Gasteiger partial charge is 0.364 e. The minimum Gasteiger partial charge on any atom is -0.364 e. The van der Waals surface area contributed by atoms with E-state index in [0.717, 1.165) is 31.7 Å². The molecule has 98 valence electrons. The molecule has 1 saturated heterocycles. The lowest BCUT2D eigenvalue weighted by Gasteiger charge is -2.29. The van der Waals surface area contributed by atoms with Crippen LogP contribution in [0.5, 0.6) is 0 Å². The van der Waals surface area contributed by atoms with Crippen LogP contribution in [0.3, 0.4) is 0 Å². The first-order chi connectivity index (χ1) is 8.77. The van der Waals surface area contributed by atoms with Crippen molar-refractivity contribution in [2.45, 2.75) is 19.6 Å². The molecule has 0 aromatic heterocycles. The molecule has 1 aromatic carbocycles. The van der Waals surface area contributed by atoms with Crippen LogP contribution in [0.1, 0.15) is 12.5 Å². The highest BCUT2D eigenvalue weighted by Gasteiger charge is 2.22. The highest BCUT2D eigenvalue weighted by atomic mass is 16.5. The fourth-order valence-corrected chi connectivity index (χ4v) is 2.01. The quantitative estimate of drug-likeness (QED) is 0.865. The minimum absolute atomic E-state index is 0.0902. The second kappa shape index (κ2) is 6.52. The van der Waals surface area contributed by atoms with Crippen LogP contribution in [0.4, 0.5) is 0 Å². The van der Waals surface area contributed by atoms with Gasteiger partial charge >= 0.3 is 0 Å². The summed E-state index contributed by atoms with van der Waals surface area (Å²) in [7, 11) is 0. The van der Waals surface area contributed by atoms with Gasteiger partial charge in [-0.2, -0.15) is 0 Å². The Hall–Kier alpha value is -1.39. The second-order valence-corrected chi connectivity index (χ2v) is 4.51. The smallest absolute Gasteiger partial charge is 0.251 e. The Balaban J connectivity index is 1.80. The number of ether oxygens (including phenoxy) is 1. The number of nitrogens with zero attached hydrogens (tertiary/aromatic N) is 1. The van der Waals surface area contributed by atoms with Gasteiger partial charge in [-0.3, -0.25) is 4.79 Å². The maximum Gasteiger partial charge on any atom is 0.251 e. The molecule has 1 fully saturated rings. The molecule has 1 heterocycles. The van der Waals surface area contributed by atoms with Crippen LogP contribution < -0.4 is 5.32 Å². The van der Waals surface area contributed by atoms with Gasteiger partial charge in [-0.15, -0.1) is 0 Å². The molecule has 0 bridgehead atoms. The van der Waals surface area contributed by atoms with E-state index < -0.39 is 0 Å². The standard InChI is InChI=1S/C14H20N2O2/c1-12(14(17)16-9-7-15-8-10-16)18-11-13-5-3-2-4-6-13/h2-6,12,15H,7-11H2,1H3. The van der Waals surface area contributed by atoms with E-state index in [-0.39, 0.29) is 12.0 Å². The number of hydrogen-bond donors (Lipinski definition) is 1. The first kappa shape index (κ1) is 13.1. The number of benzene rings is 1. The Morgan fingerprint density at radius 3 is 2.67 bits per heavy atom. The molecule has 0 spiro atoms. The minimum atomic E-state index is -0.372. The third kappa shape index (κ3) is 3.55. The summed E-state index contributed by atoms with van der Waals surface area (Å²) in [6.45, 7) is 5.61. The number of rotatable bonds is 4. The topological polar surface area (TPSA) is 41.6 Å². The van der Waals surface area contributed by atoms with Crippen molar-refractivity contribution in [2.75, 3.05) is 26.2 Å². The van der Waals surface area contributed by atoms with Crippen molar-refractivity contribution in [3.05, 3.63) is 35.9 Å². The maximum atomic E-state index is 12.1. The van der Waals surface area contributed by atoms with Crippen LogP contribution >= 0.6 is 0 Å². The van der Waals surface area contributed by atoms with Gasteiger partial charge in [0.1, 0.15) is 6.10 Å². The molecule has 18 heavy (non-hydrogen) atoms. The first-order valence-corrected chi connectivity index (χ1v) is 6.42. The van der Waals surface area contributed by atoms with Crippen molar-refractivity contribution in [1.82, 2.24) is 10.2 Å². The lowest BCUT2D eigenvalue weighted by Crippen LogP contribution is -2.49. The van der Waals surface area contributed by atoms with Gasteiger partial charge in [-0.25, -0.2) is 0 Å².